The number of carbonyl (C=O) groups excluding carboxylic acids is 1. The average molecular weight is 282 g/mol. The van der Waals surface area contributed by atoms with Crippen LogP contribution in [0.1, 0.15) is 27.3 Å². The summed E-state index contributed by atoms with van der Waals surface area (Å²) in [5.74, 6) is -1.17. The highest BCUT2D eigenvalue weighted by atomic mass is 35.5. The van der Waals surface area contributed by atoms with Gasteiger partial charge in [0.15, 0.2) is 0 Å². The topological polar surface area (TPSA) is 57.8 Å². The van der Waals surface area contributed by atoms with Crippen molar-refractivity contribution in [1.82, 2.24) is 15.5 Å². The van der Waals surface area contributed by atoms with Crippen LogP contribution >= 0.6 is 11.6 Å². The van der Waals surface area contributed by atoms with Crippen LogP contribution in [0, 0.1) is 19.7 Å². The molecule has 0 fully saturated rings. The molecule has 0 saturated carbocycles. The Morgan fingerprint density at radius 2 is 2.21 bits per heavy atom. The summed E-state index contributed by atoms with van der Waals surface area (Å²) in [7, 11) is 0. The van der Waals surface area contributed by atoms with Gasteiger partial charge in [-0.05, 0) is 26.0 Å². The van der Waals surface area contributed by atoms with E-state index >= 15 is 0 Å². The SMILES string of the molecule is Cc1n[nH]c(C)c1CNC(=O)c1c(F)cccc1Cl. The van der Waals surface area contributed by atoms with Crippen molar-refractivity contribution in [3.63, 3.8) is 0 Å². The van der Waals surface area contributed by atoms with Crippen molar-refractivity contribution >= 4 is 17.5 Å². The van der Waals surface area contributed by atoms with E-state index in [4.69, 9.17) is 11.6 Å². The minimum absolute atomic E-state index is 0.0955. The maximum absolute atomic E-state index is 13.6. The molecule has 4 nitrogen and oxygen atoms in total. The zero-order valence-electron chi connectivity index (χ0n) is 10.6. The van der Waals surface area contributed by atoms with Gasteiger partial charge in [-0.1, -0.05) is 17.7 Å². The Balaban J connectivity index is 2.15. The van der Waals surface area contributed by atoms with E-state index in [0.29, 0.717) is 0 Å². The lowest BCUT2D eigenvalue weighted by Crippen LogP contribution is -2.24. The molecule has 1 heterocycles. The third-order valence-electron chi connectivity index (χ3n) is 2.90. The van der Waals surface area contributed by atoms with Gasteiger partial charge in [-0.15, -0.1) is 0 Å². The molecular weight excluding hydrogens is 269 g/mol. The number of carbonyl (C=O) groups is 1. The van der Waals surface area contributed by atoms with E-state index < -0.39 is 11.7 Å². The molecule has 2 N–H and O–H groups in total. The van der Waals surface area contributed by atoms with Crippen molar-refractivity contribution in [3.8, 4) is 0 Å². The lowest BCUT2D eigenvalue weighted by Gasteiger charge is -2.07. The smallest absolute Gasteiger partial charge is 0.256 e. The Kier molecular flexibility index (Phi) is 3.85. The molecule has 1 aromatic carbocycles. The van der Waals surface area contributed by atoms with Crippen molar-refractivity contribution in [2.75, 3.05) is 0 Å². The summed E-state index contributed by atoms with van der Waals surface area (Å²) < 4.78 is 13.6. The minimum Gasteiger partial charge on any atom is -0.348 e. The van der Waals surface area contributed by atoms with E-state index in [9.17, 15) is 9.18 Å². The fourth-order valence-corrected chi connectivity index (χ4v) is 2.06. The standard InChI is InChI=1S/C13H13ClFN3O/c1-7-9(8(2)18-17-7)6-16-13(19)12-10(14)4-3-5-11(12)15/h3-5H,6H2,1-2H3,(H,16,19)(H,17,18). The molecule has 100 valence electrons. The van der Waals surface area contributed by atoms with E-state index in [-0.39, 0.29) is 17.1 Å². The van der Waals surface area contributed by atoms with Crippen LogP contribution in [-0.2, 0) is 6.54 Å². The summed E-state index contributed by atoms with van der Waals surface area (Å²) in [6, 6.07) is 4.14. The summed E-state index contributed by atoms with van der Waals surface area (Å²) in [5, 5.41) is 9.58. The van der Waals surface area contributed by atoms with Crippen molar-refractivity contribution in [3.05, 3.63) is 51.6 Å². The van der Waals surface area contributed by atoms with Crippen molar-refractivity contribution in [1.29, 1.82) is 0 Å². The van der Waals surface area contributed by atoms with Gasteiger partial charge in [-0.25, -0.2) is 4.39 Å². The van der Waals surface area contributed by atoms with E-state index in [1.54, 1.807) is 0 Å². The highest BCUT2D eigenvalue weighted by Crippen LogP contribution is 2.19. The van der Waals surface area contributed by atoms with Crippen LogP contribution in [0.15, 0.2) is 18.2 Å². The van der Waals surface area contributed by atoms with Crippen LogP contribution in [0.4, 0.5) is 4.39 Å². The van der Waals surface area contributed by atoms with Crippen LogP contribution < -0.4 is 5.32 Å². The number of H-pyrrole nitrogens is 1. The molecule has 6 heteroatoms. The van der Waals surface area contributed by atoms with Crippen molar-refractivity contribution < 1.29 is 9.18 Å². The molecule has 0 aliphatic heterocycles. The number of nitrogens with zero attached hydrogens (tertiary/aromatic N) is 1. The predicted molar refractivity (Wildman–Crippen MR) is 70.6 cm³/mol. The second-order valence-electron chi connectivity index (χ2n) is 4.19. The largest absolute Gasteiger partial charge is 0.348 e. The maximum Gasteiger partial charge on any atom is 0.256 e. The fraction of sp³-hybridized carbons (Fsp3) is 0.231. The monoisotopic (exact) mass is 281 g/mol. The van der Waals surface area contributed by atoms with Gasteiger partial charge in [0.2, 0.25) is 0 Å². The lowest BCUT2D eigenvalue weighted by atomic mass is 10.1. The van der Waals surface area contributed by atoms with Crippen LogP contribution in [0.2, 0.25) is 5.02 Å². The number of aryl methyl sites for hydroxylation is 2. The quantitative estimate of drug-likeness (QED) is 0.909. The van der Waals surface area contributed by atoms with Crippen molar-refractivity contribution in [2.45, 2.75) is 20.4 Å². The van der Waals surface area contributed by atoms with E-state index in [0.717, 1.165) is 17.0 Å². The molecule has 2 rings (SSSR count). The Morgan fingerprint density at radius 1 is 1.47 bits per heavy atom. The number of amides is 1. The molecule has 0 aliphatic rings. The highest BCUT2D eigenvalue weighted by molar-refractivity contribution is 6.33. The van der Waals surface area contributed by atoms with Gasteiger partial charge in [0, 0.05) is 17.8 Å². The van der Waals surface area contributed by atoms with Gasteiger partial charge in [-0.3, -0.25) is 9.89 Å². The lowest BCUT2D eigenvalue weighted by molar-refractivity contribution is 0.0947. The molecular formula is C13H13ClFN3O. The van der Waals surface area contributed by atoms with E-state index in [1.165, 1.54) is 18.2 Å². The molecule has 19 heavy (non-hydrogen) atoms. The Labute approximate surface area is 115 Å². The van der Waals surface area contributed by atoms with Crippen LogP contribution in [0.25, 0.3) is 0 Å². The number of halogens is 2. The number of hydrogen-bond donors (Lipinski definition) is 2. The van der Waals surface area contributed by atoms with Crippen LogP contribution in [0.5, 0.6) is 0 Å². The van der Waals surface area contributed by atoms with Gasteiger partial charge < -0.3 is 5.32 Å². The first kappa shape index (κ1) is 13.5. The number of aromatic amines is 1. The van der Waals surface area contributed by atoms with E-state index in [2.05, 4.69) is 15.5 Å². The molecule has 0 atom stereocenters. The summed E-state index contributed by atoms with van der Waals surface area (Å²) in [5.41, 5.74) is 2.43. The molecule has 1 amide bonds. The first-order chi connectivity index (χ1) is 9.00. The first-order valence-corrected chi connectivity index (χ1v) is 6.11. The second-order valence-corrected chi connectivity index (χ2v) is 4.60. The maximum atomic E-state index is 13.6. The Morgan fingerprint density at radius 3 is 2.79 bits per heavy atom. The third-order valence-corrected chi connectivity index (χ3v) is 3.21. The second kappa shape index (κ2) is 5.40. The molecule has 0 spiro atoms. The number of hydrogen-bond acceptors (Lipinski definition) is 2. The van der Waals surface area contributed by atoms with Crippen LogP contribution in [0.3, 0.4) is 0 Å². The zero-order chi connectivity index (χ0) is 14.0. The predicted octanol–water partition coefficient (Wildman–Crippen LogP) is 2.75. The average Bonchev–Trinajstić information content (AvgIpc) is 2.66. The summed E-state index contributed by atoms with van der Waals surface area (Å²) in [4.78, 5) is 11.9. The van der Waals surface area contributed by atoms with Gasteiger partial charge in [-0.2, -0.15) is 5.10 Å². The van der Waals surface area contributed by atoms with Crippen LogP contribution in [-0.4, -0.2) is 16.1 Å². The normalized spacial score (nSPS) is 10.5. The van der Waals surface area contributed by atoms with Gasteiger partial charge in [0.05, 0.1) is 16.3 Å². The number of aromatic nitrogens is 2. The van der Waals surface area contributed by atoms with Gasteiger partial charge in [0.25, 0.3) is 5.91 Å². The summed E-state index contributed by atoms with van der Waals surface area (Å²) in [6.45, 7) is 3.97. The molecule has 0 saturated heterocycles. The molecule has 0 bridgehead atoms. The van der Waals surface area contributed by atoms with Crippen molar-refractivity contribution in [2.24, 2.45) is 0 Å². The number of benzene rings is 1. The number of rotatable bonds is 3. The summed E-state index contributed by atoms with van der Waals surface area (Å²) in [6.07, 6.45) is 0. The minimum atomic E-state index is -0.634. The third kappa shape index (κ3) is 2.76. The molecule has 0 aliphatic carbocycles. The summed E-state index contributed by atoms with van der Waals surface area (Å²) >= 11 is 5.83. The number of nitrogens with one attached hydrogen (secondary N) is 2. The zero-order valence-corrected chi connectivity index (χ0v) is 11.3. The Bertz CT molecular complexity index is 585. The molecule has 0 unspecified atom stereocenters. The van der Waals surface area contributed by atoms with Gasteiger partial charge in [0.1, 0.15) is 5.82 Å². The first-order valence-electron chi connectivity index (χ1n) is 5.73. The van der Waals surface area contributed by atoms with Gasteiger partial charge >= 0.3 is 0 Å². The molecule has 2 aromatic rings. The molecule has 0 radical (unpaired) electrons. The highest BCUT2D eigenvalue weighted by Gasteiger charge is 2.16. The molecule has 1 aromatic heterocycles. The fourth-order valence-electron chi connectivity index (χ4n) is 1.81. The Hall–Kier alpha value is -1.88. The van der Waals surface area contributed by atoms with E-state index in [1.807, 2.05) is 13.8 Å².